The van der Waals surface area contributed by atoms with Crippen molar-refractivity contribution in [1.29, 1.82) is 0 Å². The summed E-state index contributed by atoms with van der Waals surface area (Å²) in [6.45, 7) is 3.83. The average Bonchev–Trinajstić information content (AvgIpc) is 2.38. The predicted molar refractivity (Wildman–Crippen MR) is 76.1 cm³/mol. The van der Waals surface area contributed by atoms with Crippen molar-refractivity contribution < 1.29 is 9.59 Å². The van der Waals surface area contributed by atoms with Crippen molar-refractivity contribution in [2.75, 3.05) is 6.54 Å². The molecule has 0 unspecified atom stereocenters. The van der Waals surface area contributed by atoms with E-state index in [1.54, 1.807) is 0 Å². The van der Waals surface area contributed by atoms with Crippen molar-refractivity contribution in [3.8, 4) is 0 Å². The van der Waals surface area contributed by atoms with Crippen LogP contribution in [0.15, 0.2) is 36.4 Å². The van der Waals surface area contributed by atoms with Gasteiger partial charge in [-0.2, -0.15) is 0 Å². The Morgan fingerprint density at radius 1 is 1.05 bits per heavy atom. The van der Waals surface area contributed by atoms with Crippen molar-refractivity contribution in [3.05, 3.63) is 47.5 Å². The molecule has 0 saturated heterocycles. The molecule has 0 aliphatic rings. The van der Waals surface area contributed by atoms with Crippen LogP contribution in [0.5, 0.6) is 0 Å². The van der Waals surface area contributed by atoms with E-state index in [0.29, 0.717) is 6.54 Å². The summed E-state index contributed by atoms with van der Waals surface area (Å²) in [6, 6.07) is 12.6. The SMILES string of the molecule is CC(=O)C(=O)NCCc1ccc2cc(C)ccc2c1. The molecule has 3 heteroatoms. The number of ketones is 1. The van der Waals surface area contributed by atoms with Gasteiger partial charge in [-0.05, 0) is 29.7 Å². The number of hydrogen-bond acceptors (Lipinski definition) is 2. The molecule has 0 atom stereocenters. The van der Waals surface area contributed by atoms with Gasteiger partial charge < -0.3 is 5.32 Å². The highest BCUT2D eigenvalue weighted by atomic mass is 16.2. The second-order valence-corrected chi connectivity index (χ2v) is 4.75. The molecular weight excluding hydrogens is 238 g/mol. The molecule has 0 saturated carbocycles. The van der Waals surface area contributed by atoms with Gasteiger partial charge in [0.1, 0.15) is 0 Å². The van der Waals surface area contributed by atoms with Gasteiger partial charge in [0, 0.05) is 13.5 Å². The van der Waals surface area contributed by atoms with E-state index in [1.807, 2.05) is 0 Å². The van der Waals surface area contributed by atoms with Gasteiger partial charge in [-0.3, -0.25) is 9.59 Å². The van der Waals surface area contributed by atoms with Gasteiger partial charge in [-0.15, -0.1) is 0 Å². The lowest BCUT2D eigenvalue weighted by atomic mass is 10.0. The molecule has 19 heavy (non-hydrogen) atoms. The molecule has 3 nitrogen and oxygen atoms in total. The summed E-state index contributed by atoms with van der Waals surface area (Å²) in [6.07, 6.45) is 0.725. The Labute approximate surface area is 112 Å². The molecule has 2 aromatic rings. The number of carbonyl (C=O) groups excluding carboxylic acids is 2. The summed E-state index contributed by atoms with van der Waals surface area (Å²) in [5.41, 5.74) is 2.40. The van der Waals surface area contributed by atoms with Gasteiger partial charge >= 0.3 is 0 Å². The Balaban J connectivity index is 2.04. The van der Waals surface area contributed by atoms with E-state index in [-0.39, 0.29) is 0 Å². The van der Waals surface area contributed by atoms with Crippen LogP contribution in [-0.4, -0.2) is 18.2 Å². The summed E-state index contributed by atoms with van der Waals surface area (Å²) in [5.74, 6) is -0.967. The third kappa shape index (κ3) is 3.41. The second-order valence-electron chi connectivity index (χ2n) is 4.75. The molecule has 0 fully saturated rings. The predicted octanol–water partition coefficient (Wildman–Crippen LogP) is 2.40. The van der Waals surface area contributed by atoms with Gasteiger partial charge in [0.25, 0.3) is 5.91 Å². The van der Waals surface area contributed by atoms with Gasteiger partial charge in [0.05, 0.1) is 0 Å². The summed E-state index contributed by atoms with van der Waals surface area (Å²) in [7, 11) is 0. The summed E-state index contributed by atoms with van der Waals surface area (Å²) in [5, 5.41) is 5.01. The minimum Gasteiger partial charge on any atom is -0.349 e. The van der Waals surface area contributed by atoms with Crippen LogP contribution in [0.2, 0.25) is 0 Å². The van der Waals surface area contributed by atoms with E-state index in [4.69, 9.17) is 0 Å². The fourth-order valence-electron chi connectivity index (χ4n) is 2.01. The highest BCUT2D eigenvalue weighted by Crippen LogP contribution is 2.17. The van der Waals surface area contributed by atoms with Crippen molar-refractivity contribution in [2.45, 2.75) is 20.3 Å². The number of benzene rings is 2. The van der Waals surface area contributed by atoms with Gasteiger partial charge in [-0.1, -0.05) is 42.0 Å². The van der Waals surface area contributed by atoms with Crippen LogP contribution in [0.4, 0.5) is 0 Å². The first-order chi connectivity index (χ1) is 9.06. The quantitative estimate of drug-likeness (QED) is 0.853. The minimum atomic E-state index is -0.517. The third-order valence-electron chi connectivity index (χ3n) is 3.08. The molecular formula is C16H17NO2. The van der Waals surface area contributed by atoms with E-state index in [1.165, 1.54) is 23.3 Å². The highest BCUT2D eigenvalue weighted by molar-refractivity contribution is 6.35. The first-order valence-corrected chi connectivity index (χ1v) is 6.34. The molecule has 0 aliphatic carbocycles. The number of amides is 1. The molecule has 0 aromatic heterocycles. The van der Waals surface area contributed by atoms with Gasteiger partial charge in [-0.25, -0.2) is 0 Å². The highest BCUT2D eigenvalue weighted by Gasteiger charge is 2.05. The molecule has 1 amide bonds. The first-order valence-electron chi connectivity index (χ1n) is 6.34. The Morgan fingerprint density at radius 2 is 1.74 bits per heavy atom. The third-order valence-corrected chi connectivity index (χ3v) is 3.08. The zero-order valence-electron chi connectivity index (χ0n) is 11.2. The number of fused-ring (bicyclic) bond motifs is 1. The van der Waals surface area contributed by atoms with Crippen LogP contribution in [0.3, 0.4) is 0 Å². The lowest BCUT2D eigenvalue weighted by Crippen LogP contribution is -2.30. The van der Waals surface area contributed by atoms with E-state index in [0.717, 1.165) is 12.0 Å². The molecule has 0 radical (unpaired) electrons. The van der Waals surface area contributed by atoms with Crippen molar-refractivity contribution in [2.24, 2.45) is 0 Å². The largest absolute Gasteiger partial charge is 0.349 e. The lowest BCUT2D eigenvalue weighted by Gasteiger charge is -2.05. The monoisotopic (exact) mass is 255 g/mol. The van der Waals surface area contributed by atoms with Crippen LogP contribution in [0, 0.1) is 6.92 Å². The van der Waals surface area contributed by atoms with E-state index >= 15 is 0 Å². The molecule has 0 spiro atoms. The zero-order chi connectivity index (χ0) is 13.8. The number of Topliss-reactive ketones (excluding diaryl/α,β-unsaturated/α-hetero) is 1. The normalized spacial score (nSPS) is 10.4. The lowest BCUT2D eigenvalue weighted by molar-refractivity contribution is -0.136. The maximum Gasteiger partial charge on any atom is 0.287 e. The number of nitrogens with one attached hydrogen (secondary N) is 1. The first kappa shape index (κ1) is 13.3. The van der Waals surface area contributed by atoms with Crippen molar-refractivity contribution in [1.82, 2.24) is 5.32 Å². The van der Waals surface area contributed by atoms with Crippen molar-refractivity contribution >= 4 is 22.5 Å². The topological polar surface area (TPSA) is 46.2 Å². The molecule has 2 aromatic carbocycles. The van der Waals surface area contributed by atoms with Crippen LogP contribution in [0.1, 0.15) is 18.1 Å². The maximum atomic E-state index is 11.1. The molecule has 98 valence electrons. The Bertz CT molecular complexity index is 632. The van der Waals surface area contributed by atoms with Crippen LogP contribution in [0.25, 0.3) is 10.8 Å². The summed E-state index contributed by atoms with van der Waals surface area (Å²) in [4.78, 5) is 21.9. The van der Waals surface area contributed by atoms with Crippen LogP contribution < -0.4 is 5.32 Å². The standard InChI is InChI=1S/C16H17NO2/c1-11-3-5-15-10-13(4-6-14(15)9-11)7-8-17-16(19)12(2)18/h3-6,9-10H,7-8H2,1-2H3,(H,17,19). The number of carbonyl (C=O) groups is 2. The fraction of sp³-hybridized carbons (Fsp3) is 0.250. The Kier molecular flexibility index (Phi) is 3.95. The number of hydrogen-bond donors (Lipinski definition) is 1. The molecule has 0 bridgehead atoms. The average molecular weight is 255 g/mol. The van der Waals surface area contributed by atoms with Crippen LogP contribution in [-0.2, 0) is 16.0 Å². The number of rotatable bonds is 4. The Morgan fingerprint density at radius 3 is 2.47 bits per heavy atom. The fourth-order valence-corrected chi connectivity index (χ4v) is 2.01. The van der Waals surface area contributed by atoms with Crippen LogP contribution >= 0.6 is 0 Å². The van der Waals surface area contributed by atoms with E-state index in [9.17, 15) is 9.59 Å². The molecule has 1 N–H and O–H groups in total. The maximum absolute atomic E-state index is 11.1. The Hall–Kier alpha value is -2.16. The van der Waals surface area contributed by atoms with E-state index in [2.05, 4.69) is 48.6 Å². The van der Waals surface area contributed by atoms with Gasteiger partial charge in [0.2, 0.25) is 5.78 Å². The van der Waals surface area contributed by atoms with Crippen molar-refractivity contribution in [3.63, 3.8) is 0 Å². The smallest absolute Gasteiger partial charge is 0.287 e. The number of aryl methyl sites for hydroxylation is 1. The molecule has 0 heterocycles. The zero-order valence-corrected chi connectivity index (χ0v) is 11.2. The minimum absolute atomic E-state index is 0.450. The van der Waals surface area contributed by atoms with E-state index < -0.39 is 11.7 Å². The second kappa shape index (κ2) is 5.65. The van der Waals surface area contributed by atoms with Gasteiger partial charge in [0.15, 0.2) is 0 Å². The summed E-state index contributed by atoms with van der Waals surface area (Å²) < 4.78 is 0. The molecule has 0 aliphatic heterocycles. The summed E-state index contributed by atoms with van der Waals surface area (Å²) >= 11 is 0. The molecule has 2 rings (SSSR count).